The molecule has 1 aromatic carbocycles. The predicted octanol–water partition coefficient (Wildman–Crippen LogP) is 0.439. The first-order chi connectivity index (χ1) is 7.06. The molecule has 15 heavy (non-hydrogen) atoms. The smallest absolute Gasteiger partial charge is 0.353 e. The normalized spacial score (nSPS) is 14.3. The standard InChI is InChI=1S/C11H15NO3/c1-15-10(13)11(12,14)8-7-9-5-3-2-4-6-9/h2-6,14H,7-8,12H2,1H3/t11-/m1/s1. The van der Waals surface area contributed by atoms with E-state index in [0.29, 0.717) is 6.42 Å². The van der Waals surface area contributed by atoms with E-state index in [0.717, 1.165) is 5.56 Å². The van der Waals surface area contributed by atoms with E-state index >= 15 is 0 Å². The van der Waals surface area contributed by atoms with Crippen molar-refractivity contribution in [1.29, 1.82) is 0 Å². The summed E-state index contributed by atoms with van der Waals surface area (Å²) < 4.78 is 4.39. The Kier molecular flexibility index (Phi) is 3.82. The van der Waals surface area contributed by atoms with Crippen LogP contribution >= 0.6 is 0 Å². The Morgan fingerprint density at radius 1 is 1.47 bits per heavy atom. The monoisotopic (exact) mass is 209 g/mol. The molecule has 0 spiro atoms. The van der Waals surface area contributed by atoms with Gasteiger partial charge in [-0.05, 0) is 12.0 Å². The fourth-order valence-corrected chi connectivity index (χ4v) is 1.26. The van der Waals surface area contributed by atoms with Crippen LogP contribution in [0.5, 0.6) is 0 Å². The van der Waals surface area contributed by atoms with Crippen LogP contribution in [0.1, 0.15) is 12.0 Å². The molecule has 1 aromatic rings. The van der Waals surface area contributed by atoms with Gasteiger partial charge < -0.3 is 9.84 Å². The van der Waals surface area contributed by atoms with Crippen LogP contribution in [0, 0.1) is 0 Å². The summed E-state index contributed by atoms with van der Waals surface area (Å²) in [6, 6.07) is 9.51. The van der Waals surface area contributed by atoms with Crippen LogP contribution in [0.2, 0.25) is 0 Å². The number of aliphatic hydroxyl groups is 1. The molecule has 0 aromatic heterocycles. The molecular formula is C11H15NO3. The predicted molar refractivity (Wildman–Crippen MR) is 55.9 cm³/mol. The third kappa shape index (κ3) is 3.34. The lowest BCUT2D eigenvalue weighted by molar-refractivity contribution is -0.162. The van der Waals surface area contributed by atoms with Crippen LogP contribution in [0.25, 0.3) is 0 Å². The molecule has 4 nitrogen and oxygen atoms in total. The molecule has 1 atom stereocenters. The number of aryl methyl sites for hydroxylation is 1. The molecule has 0 bridgehead atoms. The first-order valence-electron chi connectivity index (χ1n) is 4.70. The number of rotatable bonds is 4. The van der Waals surface area contributed by atoms with Crippen LogP contribution in [0.4, 0.5) is 0 Å². The summed E-state index contributed by atoms with van der Waals surface area (Å²) in [7, 11) is 1.20. The minimum absolute atomic E-state index is 0.143. The van der Waals surface area contributed by atoms with Crippen LogP contribution in [-0.4, -0.2) is 23.9 Å². The zero-order chi connectivity index (χ0) is 11.3. The number of esters is 1. The van der Waals surface area contributed by atoms with E-state index in [-0.39, 0.29) is 6.42 Å². The second kappa shape index (κ2) is 4.91. The van der Waals surface area contributed by atoms with Crippen molar-refractivity contribution in [3.05, 3.63) is 35.9 Å². The van der Waals surface area contributed by atoms with Gasteiger partial charge in [-0.15, -0.1) is 0 Å². The number of ether oxygens (including phenoxy) is 1. The molecule has 0 saturated heterocycles. The summed E-state index contributed by atoms with van der Waals surface area (Å²) in [5.74, 6) is -0.807. The van der Waals surface area contributed by atoms with E-state index in [1.54, 1.807) is 0 Å². The molecule has 0 aliphatic carbocycles. The number of carbonyl (C=O) groups excluding carboxylic acids is 1. The summed E-state index contributed by atoms with van der Waals surface area (Å²) in [5, 5.41) is 9.55. The van der Waals surface area contributed by atoms with E-state index in [1.165, 1.54) is 7.11 Å². The summed E-state index contributed by atoms with van der Waals surface area (Å²) in [5.41, 5.74) is 4.52. The fourth-order valence-electron chi connectivity index (χ4n) is 1.26. The van der Waals surface area contributed by atoms with Crippen molar-refractivity contribution in [1.82, 2.24) is 0 Å². The molecule has 0 saturated carbocycles. The number of hydrogen-bond donors (Lipinski definition) is 2. The van der Waals surface area contributed by atoms with Gasteiger partial charge in [0.05, 0.1) is 7.11 Å². The number of benzene rings is 1. The molecule has 3 N–H and O–H groups in total. The van der Waals surface area contributed by atoms with Crippen molar-refractivity contribution in [2.24, 2.45) is 5.73 Å². The lowest BCUT2D eigenvalue weighted by Gasteiger charge is -2.19. The Morgan fingerprint density at radius 2 is 2.07 bits per heavy atom. The van der Waals surface area contributed by atoms with Gasteiger partial charge in [-0.1, -0.05) is 30.3 Å². The maximum Gasteiger partial charge on any atom is 0.353 e. The van der Waals surface area contributed by atoms with Crippen molar-refractivity contribution in [3.63, 3.8) is 0 Å². The first-order valence-corrected chi connectivity index (χ1v) is 4.70. The summed E-state index contributed by atoms with van der Waals surface area (Å²) in [6.45, 7) is 0. The van der Waals surface area contributed by atoms with Gasteiger partial charge in [0.15, 0.2) is 0 Å². The SMILES string of the molecule is COC(=O)[C@](N)(O)CCc1ccccc1. The van der Waals surface area contributed by atoms with Crippen molar-refractivity contribution in [2.75, 3.05) is 7.11 Å². The largest absolute Gasteiger partial charge is 0.466 e. The average Bonchev–Trinajstić information content (AvgIpc) is 2.27. The highest BCUT2D eigenvalue weighted by Crippen LogP contribution is 2.10. The molecule has 1 rings (SSSR count). The zero-order valence-electron chi connectivity index (χ0n) is 8.64. The first kappa shape index (κ1) is 11.7. The Bertz CT molecular complexity index is 322. The highest BCUT2D eigenvalue weighted by atomic mass is 16.5. The van der Waals surface area contributed by atoms with Gasteiger partial charge in [0.1, 0.15) is 0 Å². The van der Waals surface area contributed by atoms with Crippen molar-refractivity contribution < 1.29 is 14.6 Å². The third-order valence-electron chi connectivity index (χ3n) is 2.18. The molecule has 0 heterocycles. The van der Waals surface area contributed by atoms with Gasteiger partial charge in [-0.2, -0.15) is 0 Å². The molecule has 0 amide bonds. The van der Waals surface area contributed by atoms with Crippen LogP contribution in [0.3, 0.4) is 0 Å². The van der Waals surface area contributed by atoms with Crippen LogP contribution < -0.4 is 5.73 Å². The van der Waals surface area contributed by atoms with Gasteiger partial charge in [0, 0.05) is 6.42 Å². The Labute approximate surface area is 88.7 Å². The van der Waals surface area contributed by atoms with Crippen LogP contribution in [-0.2, 0) is 16.0 Å². The molecule has 0 fully saturated rings. The molecule has 4 heteroatoms. The van der Waals surface area contributed by atoms with Gasteiger partial charge in [-0.25, -0.2) is 4.79 Å². The van der Waals surface area contributed by atoms with Crippen molar-refractivity contribution >= 4 is 5.97 Å². The second-order valence-electron chi connectivity index (χ2n) is 3.40. The zero-order valence-corrected chi connectivity index (χ0v) is 8.64. The van der Waals surface area contributed by atoms with Gasteiger partial charge in [0.25, 0.3) is 0 Å². The van der Waals surface area contributed by atoms with Crippen LogP contribution in [0.15, 0.2) is 30.3 Å². The quantitative estimate of drug-likeness (QED) is 0.557. The summed E-state index contributed by atoms with van der Waals surface area (Å²) >= 11 is 0. The van der Waals surface area contributed by atoms with Gasteiger partial charge in [0.2, 0.25) is 5.72 Å². The summed E-state index contributed by atoms with van der Waals surface area (Å²) in [4.78, 5) is 11.1. The van der Waals surface area contributed by atoms with E-state index < -0.39 is 11.7 Å². The Balaban J connectivity index is 2.53. The molecular weight excluding hydrogens is 194 g/mol. The molecule has 0 aliphatic rings. The number of nitrogens with two attached hydrogens (primary N) is 1. The Hall–Kier alpha value is -1.39. The molecule has 0 unspecified atom stereocenters. The lowest BCUT2D eigenvalue weighted by Crippen LogP contribution is -2.48. The second-order valence-corrected chi connectivity index (χ2v) is 3.40. The average molecular weight is 209 g/mol. The minimum atomic E-state index is -1.90. The van der Waals surface area contributed by atoms with Crippen molar-refractivity contribution in [2.45, 2.75) is 18.6 Å². The van der Waals surface area contributed by atoms with Gasteiger partial charge >= 0.3 is 5.97 Å². The summed E-state index contributed by atoms with van der Waals surface area (Å²) in [6.07, 6.45) is 0.673. The maximum absolute atomic E-state index is 11.1. The lowest BCUT2D eigenvalue weighted by atomic mass is 10.0. The van der Waals surface area contributed by atoms with Gasteiger partial charge in [-0.3, -0.25) is 5.73 Å². The number of hydrogen-bond acceptors (Lipinski definition) is 4. The topological polar surface area (TPSA) is 72.5 Å². The van der Waals surface area contributed by atoms with E-state index in [4.69, 9.17) is 5.73 Å². The third-order valence-corrected chi connectivity index (χ3v) is 2.18. The number of carbonyl (C=O) groups is 1. The van der Waals surface area contributed by atoms with Crippen molar-refractivity contribution in [3.8, 4) is 0 Å². The Morgan fingerprint density at radius 3 is 2.60 bits per heavy atom. The molecule has 0 radical (unpaired) electrons. The highest BCUT2D eigenvalue weighted by molar-refractivity contribution is 5.78. The molecule has 0 aliphatic heterocycles. The van der Waals surface area contributed by atoms with E-state index in [2.05, 4.69) is 4.74 Å². The minimum Gasteiger partial charge on any atom is -0.466 e. The maximum atomic E-state index is 11.1. The number of methoxy groups -OCH3 is 1. The van der Waals surface area contributed by atoms with E-state index in [9.17, 15) is 9.90 Å². The van der Waals surface area contributed by atoms with E-state index in [1.807, 2.05) is 30.3 Å². The highest BCUT2D eigenvalue weighted by Gasteiger charge is 2.31. The molecule has 82 valence electrons. The fraction of sp³-hybridized carbons (Fsp3) is 0.364.